The van der Waals surface area contributed by atoms with Gasteiger partial charge in [0.25, 0.3) is 0 Å². The lowest BCUT2D eigenvalue weighted by molar-refractivity contribution is 0.0832. The summed E-state index contributed by atoms with van der Waals surface area (Å²) in [4.78, 5) is 4.44. The molecular formula is C15H20ClN3O. The van der Waals surface area contributed by atoms with E-state index in [4.69, 9.17) is 11.6 Å². The number of likely N-dealkylation sites (N-methyl/N-ethyl adjacent to an activating group) is 1. The van der Waals surface area contributed by atoms with Crippen molar-refractivity contribution < 1.29 is 5.11 Å². The summed E-state index contributed by atoms with van der Waals surface area (Å²) in [7, 11) is 2.09. The van der Waals surface area contributed by atoms with Gasteiger partial charge >= 0.3 is 0 Å². The first-order chi connectivity index (χ1) is 9.44. The summed E-state index contributed by atoms with van der Waals surface area (Å²) in [5, 5.41) is 20.1. The molecule has 1 aliphatic rings. The Hall–Kier alpha value is -1.28. The maximum Gasteiger partial charge on any atom is 0.118 e. The van der Waals surface area contributed by atoms with Gasteiger partial charge in [-0.2, -0.15) is 5.26 Å². The minimum absolute atomic E-state index is 0.199. The van der Waals surface area contributed by atoms with Crippen molar-refractivity contribution in [1.29, 1.82) is 5.26 Å². The molecule has 0 aliphatic carbocycles. The van der Waals surface area contributed by atoms with Crippen LogP contribution in [-0.2, 0) is 6.42 Å². The van der Waals surface area contributed by atoms with E-state index < -0.39 is 5.54 Å². The third-order valence-corrected chi connectivity index (χ3v) is 4.25. The molecule has 108 valence electrons. The fourth-order valence-corrected chi connectivity index (χ4v) is 2.78. The van der Waals surface area contributed by atoms with Crippen LogP contribution in [0, 0.1) is 11.3 Å². The van der Waals surface area contributed by atoms with Gasteiger partial charge in [0.15, 0.2) is 0 Å². The van der Waals surface area contributed by atoms with Gasteiger partial charge in [0.2, 0.25) is 0 Å². The molecule has 0 spiro atoms. The first-order valence-electron chi connectivity index (χ1n) is 6.77. The van der Waals surface area contributed by atoms with Crippen molar-refractivity contribution in [2.75, 3.05) is 33.2 Å². The van der Waals surface area contributed by atoms with E-state index in [0.29, 0.717) is 11.4 Å². The summed E-state index contributed by atoms with van der Waals surface area (Å²) in [5.41, 5.74) is 0.101. The molecule has 1 N–H and O–H groups in total. The number of hydrogen-bond donors (Lipinski definition) is 1. The Morgan fingerprint density at radius 3 is 2.60 bits per heavy atom. The number of aromatic hydroxyl groups is 1. The SMILES string of the molecule is CN1CCN(C(C)(C#N)Cc2cc(Cl)ccc2O)CC1. The minimum atomic E-state index is -0.622. The van der Waals surface area contributed by atoms with E-state index in [1.165, 1.54) is 0 Å². The highest BCUT2D eigenvalue weighted by Gasteiger charge is 2.34. The van der Waals surface area contributed by atoms with Gasteiger partial charge in [-0.05, 0) is 37.7 Å². The lowest BCUT2D eigenvalue weighted by atomic mass is 9.91. The molecule has 5 heteroatoms. The van der Waals surface area contributed by atoms with Gasteiger partial charge in [-0.15, -0.1) is 0 Å². The summed E-state index contributed by atoms with van der Waals surface area (Å²) in [6, 6.07) is 7.39. The second kappa shape index (κ2) is 6.01. The summed E-state index contributed by atoms with van der Waals surface area (Å²) in [5.74, 6) is 0.199. The van der Waals surface area contributed by atoms with Crippen molar-refractivity contribution in [3.8, 4) is 11.8 Å². The normalized spacial score (nSPS) is 20.3. The lowest BCUT2D eigenvalue weighted by Crippen LogP contribution is -2.55. The second-order valence-corrected chi connectivity index (χ2v) is 6.06. The van der Waals surface area contributed by atoms with Gasteiger partial charge in [0, 0.05) is 37.6 Å². The Bertz CT molecular complexity index is 520. The molecule has 1 aliphatic heterocycles. The molecule has 1 atom stereocenters. The number of hydrogen-bond acceptors (Lipinski definition) is 4. The van der Waals surface area contributed by atoms with Crippen LogP contribution in [0.2, 0.25) is 5.02 Å². The fraction of sp³-hybridized carbons (Fsp3) is 0.533. The molecule has 1 heterocycles. The van der Waals surface area contributed by atoms with Crippen LogP contribution in [0.4, 0.5) is 0 Å². The summed E-state index contributed by atoms with van der Waals surface area (Å²) in [6.07, 6.45) is 0.472. The molecule has 1 fully saturated rings. The van der Waals surface area contributed by atoms with Crippen molar-refractivity contribution in [2.24, 2.45) is 0 Å². The summed E-state index contributed by atoms with van der Waals surface area (Å²) >= 11 is 5.98. The Morgan fingerprint density at radius 1 is 1.35 bits per heavy atom. The standard InChI is InChI=1S/C15H20ClN3O/c1-15(11-17,19-7-5-18(2)6-8-19)10-12-9-13(16)3-4-14(12)20/h3-4,9,20H,5-8,10H2,1-2H3. The number of rotatable bonds is 3. The van der Waals surface area contributed by atoms with Crippen molar-refractivity contribution in [1.82, 2.24) is 9.80 Å². The fourth-order valence-electron chi connectivity index (χ4n) is 2.59. The van der Waals surface area contributed by atoms with E-state index in [9.17, 15) is 10.4 Å². The molecule has 4 nitrogen and oxygen atoms in total. The third kappa shape index (κ3) is 3.24. The maximum atomic E-state index is 9.94. The quantitative estimate of drug-likeness (QED) is 0.927. The van der Waals surface area contributed by atoms with Gasteiger partial charge < -0.3 is 10.0 Å². The van der Waals surface area contributed by atoms with Crippen LogP contribution in [0.15, 0.2) is 18.2 Å². The monoisotopic (exact) mass is 293 g/mol. The highest BCUT2D eigenvalue weighted by molar-refractivity contribution is 6.30. The summed E-state index contributed by atoms with van der Waals surface area (Å²) in [6.45, 7) is 5.57. The van der Waals surface area contributed by atoms with Crippen LogP contribution in [0.1, 0.15) is 12.5 Å². The average Bonchev–Trinajstić information content (AvgIpc) is 2.43. The maximum absolute atomic E-state index is 9.94. The van der Waals surface area contributed by atoms with Gasteiger partial charge in [-0.1, -0.05) is 11.6 Å². The molecule has 1 saturated heterocycles. The predicted octanol–water partition coefficient (Wildman–Crippen LogP) is 2.12. The predicted molar refractivity (Wildman–Crippen MR) is 79.9 cm³/mol. The number of halogens is 1. The number of nitrogens with zero attached hydrogens (tertiary/aromatic N) is 3. The van der Waals surface area contributed by atoms with Crippen molar-refractivity contribution in [2.45, 2.75) is 18.9 Å². The van der Waals surface area contributed by atoms with E-state index >= 15 is 0 Å². The first-order valence-corrected chi connectivity index (χ1v) is 7.15. The zero-order valence-electron chi connectivity index (χ0n) is 11.9. The number of nitriles is 1. The molecule has 0 aromatic heterocycles. The number of phenols is 1. The van der Waals surface area contributed by atoms with E-state index in [1.807, 2.05) is 6.92 Å². The topological polar surface area (TPSA) is 50.5 Å². The van der Waals surface area contributed by atoms with Gasteiger partial charge in [0.1, 0.15) is 11.3 Å². The molecule has 0 bridgehead atoms. The third-order valence-electron chi connectivity index (χ3n) is 4.02. The highest BCUT2D eigenvalue weighted by atomic mass is 35.5. The summed E-state index contributed by atoms with van der Waals surface area (Å²) < 4.78 is 0. The molecule has 2 rings (SSSR count). The molecule has 1 unspecified atom stereocenters. The van der Waals surface area contributed by atoms with E-state index in [-0.39, 0.29) is 5.75 Å². The van der Waals surface area contributed by atoms with Crippen LogP contribution >= 0.6 is 11.6 Å². The molecule has 0 saturated carbocycles. The minimum Gasteiger partial charge on any atom is -0.508 e. The van der Waals surface area contributed by atoms with E-state index in [1.54, 1.807) is 18.2 Å². The van der Waals surface area contributed by atoms with Crippen LogP contribution in [0.25, 0.3) is 0 Å². The van der Waals surface area contributed by atoms with Crippen molar-refractivity contribution >= 4 is 11.6 Å². The Labute approximate surface area is 125 Å². The molecule has 1 aromatic carbocycles. The number of piperazine rings is 1. The van der Waals surface area contributed by atoms with Crippen LogP contribution in [-0.4, -0.2) is 53.7 Å². The molecule has 20 heavy (non-hydrogen) atoms. The Kier molecular flexibility index (Phi) is 4.54. The number of benzene rings is 1. The van der Waals surface area contributed by atoms with Crippen LogP contribution in [0.5, 0.6) is 5.75 Å². The van der Waals surface area contributed by atoms with Crippen molar-refractivity contribution in [3.05, 3.63) is 28.8 Å². The van der Waals surface area contributed by atoms with E-state index in [0.717, 1.165) is 31.7 Å². The number of phenolic OH excluding ortho intramolecular Hbond substituents is 1. The van der Waals surface area contributed by atoms with Crippen LogP contribution in [0.3, 0.4) is 0 Å². The molecular weight excluding hydrogens is 274 g/mol. The second-order valence-electron chi connectivity index (χ2n) is 5.63. The molecule has 1 aromatic rings. The zero-order chi connectivity index (χ0) is 14.8. The Morgan fingerprint density at radius 2 is 2.00 bits per heavy atom. The smallest absolute Gasteiger partial charge is 0.118 e. The molecule has 0 radical (unpaired) electrons. The van der Waals surface area contributed by atoms with Crippen LogP contribution < -0.4 is 0 Å². The largest absolute Gasteiger partial charge is 0.508 e. The lowest BCUT2D eigenvalue weighted by Gasteiger charge is -2.41. The van der Waals surface area contributed by atoms with Gasteiger partial charge in [-0.3, -0.25) is 4.90 Å². The molecule has 0 amide bonds. The van der Waals surface area contributed by atoms with Crippen molar-refractivity contribution in [3.63, 3.8) is 0 Å². The highest BCUT2D eigenvalue weighted by Crippen LogP contribution is 2.28. The Balaban J connectivity index is 2.19. The average molecular weight is 294 g/mol. The zero-order valence-corrected chi connectivity index (χ0v) is 12.7. The van der Waals surface area contributed by atoms with Gasteiger partial charge in [-0.25, -0.2) is 0 Å². The van der Waals surface area contributed by atoms with E-state index in [2.05, 4.69) is 22.9 Å². The first kappa shape index (κ1) is 15.1. The van der Waals surface area contributed by atoms with Gasteiger partial charge in [0.05, 0.1) is 6.07 Å².